The van der Waals surface area contributed by atoms with Gasteiger partial charge in [0.1, 0.15) is 12.2 Å². The maximum absolute atomic E-state index is 11.7. The lowest BCUT2D eigenvalue weighted by Gasteiger charge is -2.15. The summed E-state index contributed by atoms with van der Waals surface area (Å²) in [5, 5.41) is 11.7. The van der Waals surface area contributed by atoms with Crippen LogP contribution < -0.4 is 5.32 Å². The second kappa shape index (κ2) is 5.88. The van der Waals surface area contributed by atoms with Gasteiger partial charge in [0.15, 0.2) is 0 Å². The van der Waals surface area contributed by atoms with Crippen LogP contribution in [0.5, 0.6) is 0 Å². The third-order valence-corrected chi connectivity index (χ3v) is 3.32. The molecule has 6 nitrogen and oxygen atoms in total. The highest BCUT2D eigenvalue weighted by Crippen LogP contribution is 2.24. The van der Waals surface area contributed by atoms with E-state index in [1.54, 1.807) is 12.3 Å². The Bertz CT molecular complexity index is 465. The van der Waals surface area contributed by atoms with Crippen LogP contribution >= 0.6 is 0 Å². The van der Waals surface area contributed by atoms with Crippen LogP contribution in [0.25, 0.3) is 0 Å². The zero-order chi connectivity index (χ0) is 13.8. The van der Waals surface area contributed by atoms with Gasteiger partial charge in [0, 0.05) is 25.3 Å². The summed E-state index contributed by atoms with van der Waals surface area (Å²) in [6.07, 6.45) is 4.09. The summed E-state index contributed by atoms with van der Waals surface area (Å²) in [4.78, 5) is 24.8. The quantitative estimate of drug-likeness (QED) is 0.748. The Morgan fingerprint density at radius 3 is 2.89 bits per heavy atom. The molecule has 0 spiro atoms. The molecule has 1 aromatic heterocycles. The largest absolute Gasteiger partial charge is 0.477 e. The predicted molar refractivity (Wildman–Crippen MR) is 70.1 cm³/mol. The molecule has 1 aromatic rings. The maximum Gasteiger partial charge on any atom is 0.352 e. The number of hydrogen-bond acceptors (Lipinski definition) is 3. The molecule has 0 radical (unpaired) electrons. The first-order valence-corrected chi connectivity index (χ1v) is 6.43. The standard InChI is InChI=1S/C13H19N3O3/c1-15(10-4-5-10)8-6-14-12(17)9-16-7-2-3-11(16)13(18)19/h2-3,7,10H,4-6,8-9H2,1H3,(H,14,17)(H,18,19). The Labute approximate surface area is 112 Å². The van der Waals surface area contributed by atoms with E-state index in [0.717, 1.165) is 6.54 Å². The minimum atomic E-state index is -1.02. The van der Waals surface area contributed by atoms with Crippen LogP contribution in [0.1, 0.15) is 23.3 Å². The summed E-state index contributed by atoms with van der Waals surface area (Å²) in [5.74, 6) is -1.19. The first-order chi connectivity index (χ1) is 9.08. The molecule has 0 aliphatic heterocycles. The molecule has 1 aliphatic carbocycles. The summed E-state index contributed by atoms with van der Waals surface area (Å²) in [5.41, 5.74) is 0.130. The van der Waals surface area contributed by atoms with E-state index >= 15 is 0 Å². The topological polar surface area (TPSA) is 74.6 Å². The number of hydrogen-bond donors (Lipinski definition) is 2. The Hall–Kier alpha value is -1.82. The molecular formula is C13H19N3O3. The van der Waals surface area contributed by atoms with E-state index in [2.05, 4.69) is 17.3 Å². The van der Waals surface area contributed by atoms with Crippen molar-refractivity contribution in [1.29, 1.82) is 0 Å². The van der Waals surface area contributed by atoms with E-state index in [0.29, 0.717) is 12.6 Å². The zero-order valence-corrected chi connectivity index (χ0v) is 11.0. The molecule has 1 aliphatic rings. The van der Waals surface area contributed by atoms with Gasteiger partial charge in [0.2, 0.25) is 5.91 Å². The van der Waals surface area contributed by atoms with E-state index < -0.39 is 5.97 Å². The number of carbonyl (C=O) groups excluding carboxylic acids is 1. The molecule has 1 heterocycles. The average molecular weight is 265 g/mol. The van der Waals surface area contributed by atoms with Crippen LogP contribution in [0.2, 0.25) is 0 Å². The molecule has 19 heavy (non-hydrogen) atoms. The van der Waals surface area contributed by atoms with Crippen molar-refractivity contribution in [3.8, 4) is 0 Å². The molecule has 0 atom stereocenters. The summed E-state index contributed by atoms with van der Waals surface area (Å²) in [6, 6.07) is 3.79. The van der Waals surface area contributed by atoms with Crippen LogP contribution in [0.4, 0.5) is 0 Å². The molecule has 0 unspecified atom stereocenters. The predicted octanol–water partition coefficient (Wildman–Crippen LogP) is 0.397. The molecule has 0 bridgehead atoms. The Kier molecular flexibility index (Phi) is 4.21. The van der Waals surface area contributed by atoms with Crippen molar-refractivity contribution in [2.75, 3.05) is 20.1 Å². The van der Waals surface area contributed by atoms with Crippen LogP contribution in [-0.2, 0) is 11.3 Å². The number of carboxylic acid groups (broad SMARTS) is 1. The van der Waals surface area contributed by atoms with E-state index in [-0.39, 0.29) is 18.1 Å². The lowest BCUT2D eigenvalue weighted by Crippen LogP contribution is -2.35. The third kappa shape index (κ3) is 3.82. The van der Waals surface area contributed by atoms with Crippen molar-refractivity contribution in [2.24, 2.45) is 0 Å². The molecule has 2 N–H and O–H groups in total. The van der Waals surface area contributed by atoms with Crippen LogP contribution in [-0.4, -0.2) is 52.6 Å². The van der Waals surface area contributed by atoms with Gasteiger partial charge in [-0.3, -0.25) is 4.79 Å². The molecule has 6 heteroatoms. The average Bonchev–Trinajstić information content (AvgIpc) is 3.10. The van der Waals surface area contributed by atoms with Gasteiger partial charge < -0.3 is 19.9 Å². The molecule has 104 valence electrons. The lowest BCUT2D eigenvalue weighted by molar-refractivity contribution is -0.121. The van der Waals surface area contributed by atoms with Gasteiger partial charge >= 0.3 is 5.97 Å². The normalized spacial score (nSPS) is 14.6. The van der Waals surface area contributed by atoms with Crippen molar-refractivity contribution < 1.29 is 14.7 Å². The zero-order valence-electron chi connectivity index (χ0n) is 11.0. The number of rotatable bonds is 7. The fourth-order valence-electron chi connectivity index (χ4n) is 2.03. The van der Waals surface area contributed by atoms with E-state index in [4.69, 9.17) is 5.11 Å². The highest BCUT2D eigenvalue weighted by molar-refractivity contribution is 5.86. The van der Waals surface area contributed by atoms with Crippen molar-refractivity contribution >= 4 is 11.9 Å². The maximum atomic E-state index is 11.7. The van der Waals surface area contributed by atoms with Crippen molar-refractivity contribution in [3.63, 3.8) is 0 Å². The molecule has 2 rings (SSSR count). The first-order valence-electron chi connectivity index (χ1n) is 6.43. The van der Waals surface area contributed by atoms with E-state index in [1.165, 1.54) is 23.5 Å². The highest BCUT2D eigenvalue weighted by atomic mass is 16.4. The molecule has 1 amide bonds. The van der Waals surface area contributed by atoms with Crippen LogP contribution in [0, 0.1) is 0 Å². The van der Waals surface area contributed by atoms with Gasteiger partial charge in [0.25, 0.3) is 0 Å². The van der Waals surface area contributed by atoms with E-state index in [1.807, 2.05) is 0 Å². The summed E-state index contributed by atoms with van der Waals surface area (Å²) >= 11 is 0. The van der Waals surface area contributed by atoms with Crippen LogP contribution in [0.3, 0.4) is 0 Å². The Balaban J connectivity index is 1.74. The van der Waals surface area contributed by atoms with Gasteiger partial charge in [-0.2, -0.15) is 0 Å². The summed E-state index contributed by atoms with van der Waals surface area (Å²) in [7, 11) is 2.05. The number of carboxylic acids is 1. The fourth-order valence-corrected chi connectivity index (χ4v) is 2.03. The van der Waals surface area contributed by atoms with Gasteiger partial charge in [-0.25, -0.2) is 4.79 Å². The number of amides is 1. The van der Waals surface area contributed by atoms with Gasteiger partial charge in [0.05, 0.1) is 0 Å². The van der Waals surface area contributed by atoms with E-state index in [9.17, 15) is 9.59 Å². The number of nitrogens with zero attached hydrogens (tertiary/aromatic N) is 2. The second-order valence-electron chi connectivity index (χ2n) is 4.89. The molecule has 0 saturated heterocycles. The monoisotopic (exact) mass is 265 g/mol. The number of aromatic nitrogens is 1. The number of likely N-dealkylation sites (N-methyl/N-ethyl adjacent to an activating group) is 1. The summed E-state index contributed by atoms with van der Waals surface area (Å²) < 4.78 is 1.43. The van der Waals surface area contributed by atoms with Crippen LogP contribution in [0.15, 0.2) is 18.3 Å². The minimum absolute atomic E-state index is 0.0434. The Morgan fingerprint density at radius 1 is 1.53 bits per heavy atom. The second-order valence-corrected chi connectivity index (χ2v) is 4.89. The summed E-state index contributed by atoms with van der Waals surface area (Å²) in [6.45, 7) is 1.46. The fraction of sp³-hybridized carbons (Fsp3) is 0.538. The molecular weight excluding hydrogens is 246 g/mol. The smallest absolute Gasteiger partial charge is 0.352 e. The highest BCUT2D eigenvalue weighted by Gasteiger charge is 2.25. The van der Waals surface area contributed by atoms with Gasteiger partial charge in [-0.15, -0.1) is 0 Å². The molecule has 1 fully saturated rings. The van der Waals surface area contributed by atoms with Crippen molar-refractivity contribution in [2.45, 2.75) is 25.4 Å². The van der Waals surface area contributed by atoms with Crippen molar-refractivity contribution in [3.05, 3.63) is 24.0 Å². The molecule has 1 saturated carbocycles. The minimum Gasteiger partial charge on any atom is -0.477 e. The SMILES string of the molecule is CN(CCNC(=O)Cn1cccc1C(=O)O)C1CC1. The Morgan fingerprint density at radius 2 is 2.26 bits per heavy atom. The number of carbonyl (C=O) groups is 2. The van der Waals surface area contributed by atoms with Crippen molar-refractivity contribution in [1.82, 2.24) is 14.8 Å². The first kappa shape index (κ1) is 13.6. The van der Waals surface area contributed by atoms with Gasteiger partial charge in [-0.05, 0) is 32.0 Å². The lowest BCUT2D eigenvalue weighted by atomic mass is 10.4. The van der Waals surface area contributed by atoms with Gasteiger partial charge in [-0.1, -0.05) is 0 Å². The molecule has 0 aromatic carbocycles. The third-order valence-electron chi connectivity index (χ3n) is 3.32. The number of aromatic carboxylic acids is 1. The number of nitrogens with one attached hydrogen (secondary N) is 1.